The molecular formula is C15H21NO4. The van der Waals surface area contributed by atoms with Crippen molar-refractivity contribution in [3.8, 4) is 0 Å². The normalized spacial score (nSPS) is 14.2. The highest BCUT2D eigenvalue weighted by atomic mass is 16.5. The van der Waals surface area contributed by atoms with E-state index in [1.165, 1.54) is 6.92 Å². The van der Waals surface area contributed by atoms with Gasteiger partial charge in [-0.3, -0.25) is 0 Å². The molecule has 0 aromatic heterocycles. The van der Waals surface area contributed by atoms with Crippen molar-refractivity contribution < 1.29 is 19.4 Å². The molecule has 0 unspecified atom stereocenters. The Morgan fingerprint density at radius 3 is 2.15 bits per heavy atom. The fraction of sp³-hybridized carbons (Fsp3) is 0.467. The van der Waals surface area contributed by atoms with E-state index in [0.29, 0.717) is 0 Å². The number of rotatable bonds is 4. The number of carbonyl (C=O) groups excluding carboxylic acids is 1. The predicted octanol–water partition coefficient (Wildman–Crippen LogP) is 2.80. The first-order valence-corrected chi connectivity index (χ1v) is 6.39. The van der Waals surface area contributed by atoms with Crippen LogP contribution >= 0.6 is 0 Å². The number of carboxylic acids is 1. The van der Waals surface area contributed by atoms with Crippen molar-refractivity contribution in [2.75, 3.05) is 0 Å². The third-order valence-electron chi connectivity index (χ3n) is 3.49. The van der Waals surface area contributed by atoms with Crippen LogP contribution in [-0.2, 0) is 16.1 Å². The van der Waals surface area contributed by atoms with E-state index in [4.69, 9.17) is 4.74 Å². The molecule has 0 fully saturated rings. The zero-order valence-corrected chi connectivity index (χ0v) is 12.3. The van der Waals surface area contributed by atoms with E-state index < -0.39 is 23.0 Å². The largest absolute Gasteiger partial charge is 0.479 e. The summed E-state index contributed by atoms with van der Waals surface area (Å²) in [6.07, 6.45) is -0.742. The van der Waals surface area contributed by atoms with E-state index in [2.05, 4.69) is 5.32 Å². The Kier molecular flexibility index (Phi) is 4.76. The van der Waals surface area contributed by atoms with Gasteiger partial charge < -0.3 is 15.2 Å². The summed E-state index contributed by atoms with van der Waals surface area (Å²) in [5.41, 5.74) is -1.21. The number of carbonyl (C=O) groups is 2. The Morgan fingerprint density at radius 1 is 1.15 bits per heavy atom. The second kappa shape index (κ2) is 5.94. The Hall–Kier alpha value is -2.04. The van der Waals surface area contributed by atoms with Gasteiger partial charge in [0.1, 0.15) is 12.1 Å². The number of carboxylic acid groups (broad SMARTS) is 1. The van der Waals surface area contributed by atoms with Gasteiger partial charge in [-0.2, -0.15) is 0 Å². The van der Waals surface area contributed by atoms with Crippen LogP contribution in [0, 0.1) is 5.41 Å². The third-order valence-corrected chi connectivity index (χ3v) is 3.49. The number of ether oxygens (including phenoxy) is 1. The number of hydrogen-bond acceptors (Lipinski definition) is 3. The van der Waals surface area contributed by atoms with Gasteiger partial charge in [-0.15, -0.1) is 0 Å². The maximum atomic E-state index is 11.8. The summed E-state index contributed by atoms with van der Waals surface area (Å²) in [5.74, 6) is -1.10. The van der Waals surface area contributed by atoms with Crippen LogP contribution < -0.4 is 5.32 Å². The molecule has 2 N–H and O–H groups in total. The van der Waals surface area contributed by atoms with E-state index in [1.807, 2.05) is 30.3 Å². The lowest BCUT2D eigenvalue weighted by Crippen LogP contribution is -2.60. The third kappa shape index (κ3) is 3.73. The van der Waals surface area contributed by atoms with Gasteiger partial charge in [0.05, 0.1) is 0 Å². The van der Waals surface area contributed by atoms with Crippen molar-refractivity contribution in [1.29, 1.82) is 0 Å². The smallest absolute Gasteiger partial charge is 0.408 e. The first-order valence-electron chi connectivity index (χ1n) is 6.39. The van der Waals surface area contributed by atoms with Crippen LogP contribution in [0.1, 0.15) is 33.3 Å². The van der Waals surface area contributed by atoms with Gasteiger partial charge in [-0.25, -0.2) is 9.59 Å². The number of aliphatic carboxylic acids is 1. The highest BCUT2D eigenvalue weighted by molar-refractivity contribution is 5.84. The van der Waals surface area contributed by atoms with E-state index in [9.17, 15) is 14.7 Å². The fourth-order valence-electron chi connectivity index (χ4n) is 1.53. The lowest BCUT2D eigenvalue weighted by Gasteiger charge is -2.38. The second-order valence-electron chi connectivity index (χ2n) is 5.87. The molecule has 1 aromatic rings. The lowest BCUT2D eigenvalue weighted by molar-refractivity contribution is -0.148. The molecule has 0 aliphatic rings. The standard InChI is InChI=1S/C15H21NO4/c1-14(2,3)15(4,12(17)18)16-13(19)20-10-11-8-6-5-7-9-11/h5-9H,10H2,1-4H3,(H,16,19)(H,17,18)/t15-/m1/s1. The molecule has 0 radical (unpaired) electrons. The zero-order valence-electron chi connectivity index (χ0n) is 12.3. The Labute approximate surface area is 118 Å². The van der Waals surface area contributed by atoms with Gasteiger partial charge in [-0.05, 0) is 17.9 Å². The van der Waals surface area contributed by atoms with Gasteiger partial charge in [0.25, 0.3) is 0 Å². The quantitative estimate of drug-likeness (QED) is 0.888. The molecule has 5 heteroatoms. The Bertz CT molecular complexity index is 478. The SMILES string of the molecule is CC(C)(C)[C@](C)(NC(=O)OCc1ccccc1)C(=O)O. The van der Waals surface area contributed by atoms with E-state index in [1.54, 1.807) is 20.8 Å². The molecule has 0 bridgehead atoms. The van der Waals surface area contributed by atoms with Gasteiger partial charge in [0.2, 0.25) is 0 Å². The van der Waals surface area contributed by atoms with Crippen molar-refractivity contribution in [1.82, 2.24) is 5.32 Å². The zero-order chi connectivity index (χ0) is 15.4. The second-order valence-corrected chi connectivity index (χ2v) is 5.87. The monoisotopic (exact) mass is 279 g/mol. The van der Waals surface area contributed by atoms with Gasteiger partial charge in [-0.1, -0.05) is 51.1 Å². The van der Waals surface area contributed by atoms with E-state index >= 15 is 0 Å². The number of hydrogen-bond donors (Lipinski definition) is 2. The maximum Gasteiger partial charge on any atom is 0.408 e. The van der Waals surface area contributed by atoms with Gasteiger partial charge in [0, 0.05) is 0 Å². The van der Waals surface area contributed by atoms with Crippen molar-refractivity contribution in [2.24, 2.45) is 5.41 Å². The Balaban J connectivity index is 2.67. The molecule has 5 nitrogen and oxygen atoms in total. The Morgan fingerprint density at radius 2 is 1.70 bits per heavy atom. The molecule has 20 heavy (non-hydrogen) atoms. The minimum atomic E-state index is -1.40. The molecule has 0 heterocycles. The van der Waals surface area contributed by atoms with Crippen molar-refractivity contribution in [2.45, 2.75) is 39.8 Å². The molecule has 1 atom stereocenters. The summed E-state index contributed by atoms with van der Waals surface area (Å²) in [6.45, 7) is 6.82. The van der Waals surface area contributed by atoms with Crippen molar-refractivity contribution >= 4 is 12.1 Å². The number of amides is 1. The first kappa shape index (κ1) is 16.0. The summed E-state index contributed by atoms with van der Waals surface area (Å²) in [4.78, 5) is 23.2. The molecule has 110 valence electrons. The number of alkyl carbamates (subject to hydrolysis) is 1. The van der Waals surface area contributed by atoms with E-state index in [0.717, 1.165) is 5.56 Å². The first-order chi connectivity index (χ1) is 9.17. The van der Waals surface area contributed by atoms with Gasteiger partial charge >= 0.3 is 12.1 Å². The summed E-state index contributed by atoms with van der Waals surface area (Å²) in [6, 6.07) is 9.20. The summed E-state index contributed by atoms with van der Waals surface area (Å²) < 4.78 is 5.06. The van der Waals surface area contributed by atoms with Crippen LogP contribution in [0.15, 0.2) is 30.3 Å². The summed E-state index contributed by atoms with van der Waals surface area (Å²) in [5, 5.41) is 11.8. The van der Waals surface area contributed by atoms with Crippen molar-refractivity contribution in [3.63, 3.8) is 0 Å². The minimum absolute atomic E-state index is 0.104. The molecule has 0 aliphatic heterocycles. The molecule has 0 aliphatic carbocycles. The van der Waals surface area contributed by atoms with Crippen LogP contribution in [-0.4, -0.2) is 22.7 Å². The van der Waals surface area contributed by atoms with Crippen LogP contribution in [0.5, 0.6) is 0 Å². The number of nitrogens with one attached hydrogen (secondary N) is 1. The summed E-state index contributed by atoms with van der Waals surface area (Å²) >= 11 is 0. The van der Waals surface area contributed by atoms with Crippen molar-refractivity contribution in [3.05, 3.63) is 35.9 Å². The maximum absolute atomic E-state index is 11.8. The molecule has 1 aromatic carbocycles. The molecule has 0 saturated heterocycles. The highest BCUT2D eigenvalue weighted by Crippen LogP contribution is 2.30. The van der Waals surface area contributed by atoms with Crippen LogP contribution in [0.2, 0.25) is 0 Å². The van der Waals surface area contributed by atoms with Crippen LogP contribution in [0.25, 0.3) is 0 Å². The topological polar surface area (TPSA) is 75.6 Å². The van der Waals surface area contributed by atoms with Gasteiger partial charge in [0.15, 0.2) is 0 Å². The lowest BCUT2D eigenvalue weighted by atomic mass is 9.75. The summed E-state index contributed by atoms with van der Waals surface area (Å²) in [7, 11) is 0. The van der Waals surface area contributed by atoms with Crippen LogP contribution in [0.4, 0.5) is 4.79 Å². The molecule has 0 saturated carbocycles. The fourth-order valence-corrected chi connectivity index (χ4v) is 1.53. The highest BCUT2D eigenvalue weighted by Gasteiger charge is 2.46. The molecule has 1 rings (SSSR count). The molecule has 1 amide bonds. The average molecular weight is 279 g/mol. The molecular weight excluding hydrogens is 258 g/mol. The van der Waals surface area contributed by atoms with Crippen LogP contribution in [0.3, 0.4) is 0 Å². The molecule has 0 spiro atoms. The average Bonchev–Trinajstić information content (AvgIpc) is 2.36. The minimum Gasteiger partial charge on any atom is -0.479 e. The van der Waals surface area contributed by atoms with E-state index in [-0.39, 0.29) is 6.61 Å². The number of benzene rings is 1. The predicted molar refractivity (Wildman–Crippen MR) is 75.3 cm³/mol.